The highest BCUT2D eigenvalue weighted by atomic mass is 35.5. The SMILES string of the molecule is C[C@H](OC(=O)c1ccc([N+](=O)[O-])cc1Cl)C(=O)N[C@@H](C)c1ccc(F)cc1. The highest BCUT2D eigenvalue weighted by Gasteiger charge is 2.23. The molecule has 9 heteroatoms. The number of non-ortho nitro benzene ring substituents is 1. The van der Waals surface area contributed by atoms with E-state index in [-0.39, 0.29) is 22.1 Å². The first-order chi connectivity index (χ1) is 12.7. The van der Waals surface area contributed by atoms with Crippen LogP contribution >= 0.6 is 11.6 Å². The fourth-order valence-corrected chi connectivity index (χ4v) is 2.48. The number of carbonyl (C=O) groups is 2. The number of nitrogens with zero attached hydrogens (tertiary/aromatic N) is 1. The Labute approximate surface area is 159 Å². The largest absolute Gasteiger partial charge is 0.449 e. The van der Waals surface area contributed by atoms with E-state index in [2.05, 4.69) is 5.32 Å². The summed E-state index contributed by atoms with van der Waals surface area (Å²) in [7, 11) is 0. The van der Waals surface area contributed by atoms with Gasteiger partial charge in [-0.3, -0.25) is 14.9 Å². The van der Waals surface area contributed by atoms with Crippen molar-refractivity contribution in [3.8, 4) is 0 Å². The van der Waals surface area contributed by atoms with Gasteiger partial charge in [0.25, 0.3) is 11.6 Å². The van der Waals surface area contributed by atoms with Crippen LogP contribution in [0.25, 0.3) is 0 Å². The van der Waals surface area contributed by atoms with Crippen LogP contribution in [-0.2, 0) is 9.53 Å². The monoisotopic (exact) mass is 394 g/mol. The molecule has 1 amide bonds. The Morgan fingerprint density at radius 3 is 2.37 bits per heavy atom. The van der Waals surface area contributed by atoms with Crippen molar-refractivity contribution in [3.63, 3.8) is 0 Å². The third-order valence-electron chi connectivity index (χ3n) is 3.77. The highest BCUT2D eigenvalue weighted by Crippen LogP contribution is 2.23. The van der Waals surface area contributed by atoms with Crippen molar-refractivity contribution < 1.29 is 23.6 Å². The molecule has 2 rings (SSSR count). The van der Waals surface area contributed by atoms with Crippen LogP contribution < -0.4 is 5.32 Å². The molecule has 0 aliphatic rings. The van der Waals surface area contributed by atoms with Gasteiger partial charge in [0.2, 0.25) is 0 Å². The Bertz CT molecular complexity index is 873. The summed E-state index contributed by atoms with van der Waals surface area (Å²) in [6, 6.07) is 8.50. The summed E-state index contributed by atoms with van der Waals surface area (Å²) in [6.45, 7) is 3.08. The predicted octanol–water partition coefficient (Wildman–Crippen LogP) is 3.81. The smallest absolute Gasteiger partial charge is 0.340 e. The average Bonchev–Trinajstić information content (AvgIpc) is 2.61. The van der Waals surface area contributed by atoms with Crippen LogP contribution in [0, 0.1) is 15.9 Å². The molecule has 0 heterocycles. The van der Waals surface area contributed by atoms with E-state index in [1.54, 1.807) is 6.92 Å². The molecule has 0 aliphatic carbocycles. The first kappa shape index (κ1) is 20.3. The highest BCUT2D eigenvalue weighted by molar-refractivity contribution is 6.33. The van der Waals surface area contributed by atoms with Crippen molar-refractivity contribution >= 4 is 29.2 Å². The van der Waals surface area contributed by atoms with Crippen LogP contribution in [-0.4, -0.2) is 22.9 Å². The molecule has 0 fully saturated rings. The summed E-state index contributed by atoms with van der Waals surface area (Å²) >= 11 is 5.87. The number of esters is 1. The maximum Gasteiger partial charge on any atom is 0.340 e. The molecule has 27 heavy (non-hydrogen) atoms. The van der Waals surface area contributed by atoms with Crippen LogP contribution in [0.2, 0.25) is 5.02 Å². The molecule has 142 valence electrons. The lowest BCUT2D eigenvalue weighted by Crippen LogP contribution is -2.37. The Balaban J connectivity index is 2.00. The number of halogens is 2. The first-order valence-electron chi connectivity index (χ1n) is 7.89. The van der Waals surface area contributed by atoms with Crippen molar-refractivity contribution in [3.05, 3.63) is 74.5 Å². The number of hydrogen-bond donors (Lipinski definition) is 1. The molecule has 0 unspecified atom stereocenters. The molecule has 0 spiro atoms. The normalized spacial score (nSPS) is 12.7. The molecule has 1 N–H and O–H groups in total. The zero-order valence-electron chi connectivity index (χ0n) is 14.4. The van der Waals surface area contributed by atoms with Crippen molar-refractivity contribution in [2.24, 2.45) is 0 Å². The Morgan fingerprint density at radius 1 is 1.19 bits per heavy atom. The van der Waals surface area contributed by atoms with Gasteiger partial charge in [-0.05, 0) is 37.6 Å². The molecular weight excluding hydrogens is 379 g/mol. The number of hydrogen-bond acceptors (Lipinski definition) is 5. The van der Waals surface area contributed by atoms with Gasteiger partial charge in [-0.2, -0.15) is 0 Å². The van der Waals surface area contributed by atoms with Gasteiger partial charge in [-0.25, -0.2) is 9.18 Å². The number of nitro groups is 1. The molecule has 0 bridgehead atoms. The van der Waals surface area contributed by atoms with E-state index in [0.29, 0.717) is 5.56 Å². The van der Waals surface area contributed by atoms with Crippen LogP contribution in [0.15, 0.2) is 42.5 Å². The molecular formula is C18H16ClFN2O5. The van der Waals surface area contributed by atoms with Crippen LogP contribution in [0.1, 0.15) is 35.8 Å². The Hall–Kier alpha value is -3.00. The maximum atomic E-state index is 13.0. The van der Waals surface area contributed by atoms with Gasteiger partial charge in [0.1, 0.15) is 5.82 Å². The minimum atomic E-state index is -1.13. The third-order valence-corrected chi connectivity index (χ3v) is 4.08. The molecule has 2 aromatic carbocycles. The zero-order valence-corrected chi connectivity index (χ0v) is 15.2. The molecule has 2 atom stereocenters. The van der Waals surface area contributed by atoms with Gasteiger partial charge in [-0.15, -0.1) is 0 Å². The van der Waals surface area contributed by atoms with Gasteiger partial charge in [0.15, 0.2) is 6.10 Å². The van der Waals surface area contributed by atoms with E-state index in [1.165, 1.54) is 31.2 Å². The molecule has 0 radical (unpaired) electrons. The number of nitro benzene ring substituents is 1. The second kappa shape index (κ2) is 8.59. The van der Waals surface area contributed by atoms with Crippen LogP contribution in [0.5, 0.6) is 0 Å². The molecule has 2 aromatic rings. The summed E-state index contributed by atoms with van der Waals surface area (Å²) in [5.74, 6) is -1.83. The second-order valence-corrected chi connectivity index (χ2v) is 6.16. The van der Waals surface area contributed by atoms with Crippen molar-refractivity contribution in [2.45, 2.75) is 26.0 Å². The van der Waals surface area contributed by atoms with E-state index in [9.17, 15) is 24.1 Å². The van der Waals surface area contributed by atoms with E-state index in [4.69, 9.17) is 16.3 Å². The molecule has 7 nitrogen and oxygen atoms in total. The summed E-state index contributed by atoms with van der Waals surface area (Å²) in [5, 5.41) is 13.2. The Kier molecular flexibility index (Phi) is 6.46. The van der Waals surface area contributed by atoms with Crippen molar-refractivity contribution in [2.75, 3.05) is 0 Å². The number of nitrogens with one attached hydrogen (secondary N) is 1. The second-order valence-electron chi connectivity index (χ2n) is 5.75. The third kappa shape index (κ3) is 5.24. The number of amides is 1. The number of carbonyl (C=O) groups excluding carboxylic acids is 2. The van der Waals surface area contributed by atoms with E-state index in [1.807, 2.05) is 0 Å². The average molecular weight is 395 g/mol. The number of ether oxygens (including phenoxy) is 1. The van der Waals surface area contributed by atoms with Gasteiger partial charge < -0.3 is 10.1 Å². The van der Waals surface area contributed by atoms with Crippen molar-refractivity contribution in [1.29, 1.82) is 0 Å². The van der Waals surface area contributed by atoms with E-state index < -0.39 is 28.9 Å². The fraction of sp³-hybridized carbons (Fsp3) is 0.222. The van der Waals surface area contributed by atoms with Crippen molar-refractivity contribution in [1.82, 2.24) is 5.32 Å². The summed E-state index contributed by atoms with van der Waals surface area (Å²) in [6.07, 6.45) is -1.13. The molecule has 0 aliphatic heterocycles. The van der Waals surface area contributed by atoms with Crippen LogP contribution in [0.4, 0.5) is 10.1 Å². The predicted molar refractivity (Wildman–Crippen MR) is 95.9 cm³/mol. The zero-order chi connectivity index (χ0) is 20.1. The van der Waals surface area contributed by atoms with Gasteiger partial charge in [0.05, 0.1) is 21.6 Å². The maximum absolute atomic E-state index is 13.0. The fourth-order valence-electron chi connectivity index (χ4n) is 2.23. The standard InChI is InChI=1S/C18H16ClFN2O5/c1-10(12-3-5-13(20)6-4-12)21-17(23)11(2)27-18(24)15-8-7-14(22(25)26)9-16(15)19/h3-11H,1-2H3,(H,21,23)/t10-,11-/m0/s1. The lowest BCUT2D eigenvalue weighted by molar-refractivity contribution is -0.384. The summed E-state index contributed by atoms with van der Waals surface area (Å²) in [5.41, 5.74) is 0.325. The minimum absolute atomic E-state index is 0.0894. The quantitative estimate of drug-likeness (QED) is 0.456. The lowest BCUT2D eigenvalue weighted by Gasteiger charge is -2.18. The van der Waals surface area contributed by atoms with Gasteiger partial charge >= 0.3 is 5.97 Å². The van der Waals surface area contributed by atoms with Crippen LogP contribution in [0.3, 0.4) is 0 Å². The molecule has 0 saturated carbocycles. The topological polar surface area (TPSA) is 98.5 Å². The number of rotatable bonds is 6. The number of benzene rings is 2. The van der Waals surface area contributed by atoms with E-state index in [0.717, 1.165) is 18.2 Å². The summed E-state index contributed by atoms with van der Waals surface area (Å²) < 4.78 is 18.0. The van der Waals surface area contributed by atoms with Gasteiger partial charge in [0, 0.05) is 12.1 Å². The van der Waals surface area contributed by atoms with Gasteiger partial charge in [-0.1, -0.05) is 23.7 Å². The lowest BCUT2D eigenvalue weighted by atomic mass is 10.1. The minimum Gasteiger partial charge on any atom is -0.449 e. The molecule has 0 saturated heterocycles. The van der Waals surface area contributed by atoms with E-state index >= 15 is 0 Å². The molecule has 0 aromatic heterocycles. The Morgan fingerprint density at radius 2 is 1.81 bits per heavy atom. The summed E-state index contributed by atoms with van der Waals surface area (Å²) in [4.78, 5) is 34.4. The first-order valence-corrected chi connectivity index (χ1v) is 8.27.